The summed E-state index contributed by atoms with van der Waals surface area (Å²) in [4.78, 5) is 24.5. The summed E-state index contributed by atoms with van der Waals surface area (Å²) in [6.45, 7) is 2.55. The predicted octanol–water partition coefficient (Wildman–Crippen LogP) is 6.61. The van der Waals surface area contributed by atoms with Gasteiger partial charge in [-0.05, 0) is 35.4 Å². The number of H-pyrrole nitrogens is 1. The Morgan fingerprint density at radius 3 is 2.46 bits per heavy atom. The molecule has 2 aliphatic rings. The summed E-state index contributed by atoms with van der Waals surface area (Å²) < 4.78 is 0. The van der Waals surface area contributed by atoms with Gasteiger partial charge < -0.3 is 15.4 Å². The highest BCUT2D eigenvalue weighted by Crippen LogP contribution is 2.46. The van der Waals surface area contributed by atoms with Crippen molar-refractivity contribution in [3.63, 3.8) is 0 Å². The van der Waals surface area contributed by atoms with Crippen LogP contribution in [0.2, 0.25) is 15.1 Å². The number of amides is 2. The van der Waals surface area contributed by atoms with Crippen molar-refractivity contribution in [1.82, 2.24) is 20.2 Å². The third-order valence-electron chi connectivity index (χ3n) is 7.56. The summed E-state index contributed by atoms with van der Waals surface area (Å²) in [7, 11) is 0. The first-order valence-electron chi connectivity index (χ1n) is 12.7. The Labute approximate surface area is 241 Å². The quantitative estimate of drug-likeness (QED) is 0.239. The smallest absolute Gasteiger partial charge is 0.326 e. The molecule has 0 spiro atoms. The van der Waals surface area contributed by atoms with Crippen molar-refractivity contribution in [2.75, 3.05) is 24.6 Å². The zero-order valence-corrected chi connectivity index (χ0v) is 23.1. The molecule has 4 aromatic rings. The summed E-state index contributed by atoms with van der Waals surface area (Å²) in [5, 5.41) is 14.7. The lowest BCUT2D eigenvalue weighted by atomic mass is 9.85. The third kappa shape index (κ3) is 4.90. The first kappa shape index (κ1) is 26.2. The monoisotopic (exact) mass is 581 g/mol. The highest BCUT2D eigenvalue weighted by Gasteiger charge is 2.37. The number of fused-ring (bicyclic) bond motifs is 1. The molecule has 2 amide bonds. The maximum absolute atomic E-state index is 13.4. The van der Waals surface area contributed by atoms with Gasteiger partial charge in [0.15, 0.2) is 0 Å². The first-order valence-corrected chi connectivity index (χ1v) is 13.8. The lowest BCUT2D eigenvalue weighted by molar-refractivity contribution is 0.213. The number of imidazole rings is 1. The SMILES string of the molecule is O=C1NCc2c(-c3ccccc3Cl)cc(C3CN(Cc4cnc[nH]4)CC3CO)cc2N1c1c(Cl)cccc1Cl. The van der Waals surface area contributed by atoms with Gasteiger partial charge in [-0.2, -0.15) is 0 Å². The van der Waals surface area contributed by atoms with Crippen molar-refractivity contribution in [3.05, 3.63) is 99.0 Å². The fourth-order valence-electron chi connectivity index (χ4n) is 5.74. The summed E-state index contributed by atoms with van der Waals surface area (Å²) in [6, 6.07) is 16.7. The van der Waals surface area contributed by atoms with E-state index in [1.165, 1.54) is 0 Å². The van der Waals surface area contributed by atoms with Crippen LogP contribution in [-0.4, -0.2) is 45.7 Å². The van der Waals surface area contributed by atoms with Crippen molar-refractivity contribution in [1.29, 1.82) is 0 Å². The molecule has 2 atom stereocenters. The lowest BCUT2D eigenvalue weighted by Crippen LogP contribution is -2.42. The van der Waals surface area contributed by atoms with E-state index in [1.54, 1.807) is 29.4 Å². The molecule has 0 saturated carbocycles. The summed E-state index contributed by atoms with van der Waals surface area (Å²) in [5.41, 5.74) is 5.85. The minimum absolute atomic E-state index is 0.0137. The Bertz CT molecular complexity index is 1510. The molecule has 2 aliphatic heterocycles. The summed E-state index contributed by atoms with van der Waals surface area (Å²) in [6.07, 6.45) is 3.49. The number of hydrogen-bond donors (Lipinski definition) is 3. The van der Waals surface area contributed by atoms with Gasteiger partial charge in [0.05, 0.1) is 27.7 Å². The Kier molecular flexibility index (Phi) is 7.27. The zero-order valence-electron chi connectivity index (χ0n) is 20.9. The second kappa shape index (κ2) is 10.8. The van der Waals surface area contributed by atoms with Crippen LogP contribution in [0.15, 0.2) is 67.1 Å². The topological polar surface area (TPSA) is 84.5 Å². The number of carbonyl (C=O) groups is 1. The normalized spacial score (nSPS) is 19.3. The van der Waals surface area contributed by atoms with Gasteiger partial charge in [-0.15, -0.1) is 0 Å². The van der Waals surface area contributed by atoms with Crippen molar-refractivity contribution in [2.24, 2.45) is 5.92 Å². The van der Waals surface area contributed by atoms with Crippen LogP contribution < -0.4 is 10.2 Å². The molecule has 3 N–H and O–H groups in total. The number of carbonyl (C=O) groups excluding carboxylic acids is 1. The molecule has 1 aromatic heterocycles. The number of aliphatic hydroxyl groups excluding tert-OH is 1. The number of aromatic nitrogens is 2. The van der Waals surface area contributed by atoms with Crippen LogP contribution in [0.4, 0.5) is 16.2 Å². The van der Waals surface area contributed by atoms with Crippen LogP contribution >= 0.6 is 34.8 Å². The van der Waals surface area contributed by atoms with Gasteiger partial charge in [0, 0.05) is 72.7 Å². The standard InChI is InChI=1S/C29H26Cl3N5O2/c30-24-5-2-1-4-20(24)21-8-17(23-14-36(12-18(23)15-38)13-19-10-33-16-35-19)9-27-22(21)11-34-29(39)37(27)28-25(31)6-3-7-26(28)32/h1-10,16,18,23,38H,11-15H2,(H,33,35)(H,34,39). The first-order chi connectivity index (χ1) is 18.9. The number of nitrogens with zero attached hydrogens (tertiary/aromatic N) is 3. The Hall–Kier alpha value is -3.07. The van der Waals surface area contributed by atoms with E-state index in [0.29, 0.717) is 39.5 Å². The van der Waals surface area contributed by atoms with Crippen LogP contribution in [0.1, 0.15) is 22.7 Å². The fraction of sp³-hybridized carbons (Fsp3) is 0.241. The number of nitrogens with one attached hydrogen (secondary N) is 2. The third-order valence-corrected chi connectivity index (χ3v) is 8.50. The molecule has 39 heavy (non-hydrogen) atoms. The largest absolute Gasteiger partial charge is 0.396 e. The van der Waals surface area contributed by atoms with E-state index in [4.69, 9.17) is 34.8 Å². The molecule has 200 valence electrons. The van der Waals surface area contributed by atoms with Gasteiger partial charge in [0.25, 0.3) is 0 Å². The summed E-state index contributed by atoms with van der Waals surface area (Å²) >= 11 is 19.9. The highest BCUT2D eigenvalue weighted by molar-refractivity contribution is 6.40. The number of anilines is 2. The van der Waals surface area contributed by atoms with Gasteiger partial charge in [-0.3, -0.25) is 9.80 Å². The minimum Gasteiger partial charge on any atom is -0.396 e. The van der Waals surface area contributed by atoms with E-state index in [9.17, 15) is 9.90 Å². The zero-order chi connectivity index (χ0) is 27.1. The molecular formula is C29H26Cl3N5O2. The number of aliphatic hydroxyl groups is 1. The predicted molar refractivity (Wildman–Crippen MR) is 155 cm³/mol. The summed E-state index contributed by atoms with van der Waals surface area (Å²) in [5.74, 6) is 0.0397. The van der Waals surface area contributed by atoms with E-state index in [2.05, 4.69) is 26.3 Å². The van der Waals surface area contributed by atoms with E-state index in [1.807, 2.05) is 36.5 Å². The molecule has 0 radical (unpaired) electrons. The van der Waals surface area contributed by atoms with Crippen molar-refractivity contribution in [2.45, 2.75) is 19.0 Å². The molecule has 0 aliphatic carbocycles. The Balaban J connectivity index is 1.51. The minimum atomic E-state index is -0.314. The second-order valence-electron chi connectivity index (χ2n) is 9.93. The van der Waals surface area contributed by atoms with E-state index < -0.39 is 0 Å². The van der Waals surface area contributed by atoms with Crippen molar-refractivity contribution < 1.29 is 9.90 Å². The molecule has 6 rings (SSSR count). The number of aromatic amines is 1. The van der Waals surface area contributed by atoms with Gasteiger partial charge in [0.1, 0.15) is 0 Å². The lowest BCUT2D eigenvalue weighted by Gasteiger charge is -2.34. The second-order valence-corrected chi connectivity index (χ2v) is 11.2. The van der Waals surface area contributed by atoms with Gasteiger partial charge in [-0.25, -0.2) is 9.78 Å². The number of likely N-dealkylation sites (tertiary alicyclic amines) is 1. The van der Waals surface area contributed by atoms with Gasteiger partial charge in [0.2, 0.25) is 0 Å². The van der Waals surface area contributed by atoms with E-state index in [-0.39, 0.29) is 24.5 Å². The number of urea groups is 1. The van der Waals surface area contributed by atoms with Crippen molar-refractivity contribution >= 4 is 52.2 Å². The van der Waals surface area contributed by atoms with Crippen molar-refractivity contribution in [3.8, 4) is 11.1 Å². The van der Waals surface area contributed by atoms with Crippen LogP contribution in [0.3, 0.4) is 0 Å². The average molecular weight is 583 g/mol. The number of halogens is 3. The fourth-order valence-corrected chi connectivity index (χ4v) is 6.54. The van der Waals surface area contributed by atoms with Crippen LogP contribution in [0, 0.1) is 5.92 Å². The maximum Gasteiger partial charge on any atom is 0.326 e. The molecular weight excluding hydrogens is 557 g/mol. The Morgan fingerprint density at radius 2 is 1.74 bits per heavy atom. The number of hydrogen-bond acceptors (Lipinski definition) is 4. The molecule has 0 bridgehead atoms. The van der Waals surface area contributed by atoms with Gasteiger partial charge >= 0.3 is 6.03 Å². The number of benzene rings is 3. The van der Waals surface area contributed by atoms with E-state index in [0.717, 1.165) is 41.0 Å². The molecule has 2 unspecified atom stereocenters. The maximum atomic E-state index is 13.4. The number of rotatable bonds is 6. The molecule has 10 heteroatoms. The Morgan fingerprint density at radius 1 is 0.974 bits per heavy atom. The molecule has 3 heterocycles. The van der Waals surface area contributed by atoms with Gasteiger partial charge in [-0.1, -0.05) is 65.1 Å². The van der Waals surface area contributed by atoms with Crippen LogP contribution in [0.25, 0.3) is 11.1 Å². The number of para-hydroxylation sites is 1. The molecule has 7 nitrogen and oxygen atoms in total. The molecule has 3 aromatic carbocycles. The van der Waals surface area contributed by atoms with Crippen LogP contribution in [0.5, 0.6) is 0 Å². The molecule has 1 saturated heterocycles. The van der Waals surface area contributed by atoms with Crippen LogP contribution in [-0.2, 0) is 13.1 Å². The molecule has 1 fully saturated rings. The highest BCUT2D eigenvalue weighted by atomic mass is 35.5. The van der Waals surface area contributed by atoms with E-state index >= 15 is 0 Å². The average Bonchev–Trinajstić information content (AvgIpc) is 3.59.